The molecule has 0 aromatic heterocycles. The Bertz CT molecular complexity index is 140. The van der Waals surface area contributed by atoms with E-state index in [-0.39, 0.29) is 0 Å². The predicted octanol–water partition coefficient (Wildman–Crippen LogP) is 4.72. The van der Waals surface area contributed by atoms with Crippen molar-refractivity contribution in [2.75, 3.05) is 6.61 Å². The standard InChI is InChI=1S/C14H28O/c1-4-6-7-8-9-10-11-12-14(3)15-13-5-2/h4,6,14H,5,7-13H2,1-3H3/b6-4+. The first-order valence-electron chi connectivity index (χ1n) is 6.54. The molecule has 1 nitrogen and oxygen atoms in total. The molecule has 0 aliphatic carbocycles. The Morgan fingerprint density at radius 1 is 1.13 bits per heavy atom. The Kier molecular flexibility index (Phi) is 11.5. The molecule has 90 valence electrons. The quantitative estimate of drug-likeness (QED) is 0.376. The van der Waals surface area contributed by atoms with Crippen molar-refractivity contribution < 1.29 is 4.74 Å². The van der Waals surface area contributed by atoms with Crippen LogP contribution < -0.4 is 0 Å². The van der Waals surface area contributed by atoms with Crippen LogP contribution in [0.2, 0.25) is 0 Å². The highest BCUT2D eigenvalue weighted by atomic mass is 16.5. The summed E-state index contributed by atoms with van der Waals surface area (Å²) in [5, 5.41) is 0. The monoisotopic (exact) mass is 212 g/mol. The third-order valence-corrected chi connectivity index (χ3v) is 2.57. The van der Waals surface area contributed by atoms with Crippen molar-refractivity contribution in [3.05, 3.63) is 12.2 Å². The van der Waals surface area contributed by atoms with Gasteiger partial charge in [-0.25, -0.2) is 0 Å². The van der Waals surface area contributed by atoms with Gasteiger partial charge >= 0.3 is 0 Å². The normalized spacial score (nSPS) is 13.5. The van der Waals surface area contributed by atoms with Gasteiger partial charge in [0.25, 0.3) is 0 Å². The fourth-order valence-electron chi connectivity index (χ4n) is 1.62. The molecule has 0 saturated heterocycles. The molecule has 0 aliphatic rings. The molecule has 0 saturated carbocycles. The van der Waals surface area contributed by atoms with Gasteiger partial charge in [-0.05, 0) is 39.5 Å². The summed E-state index contributed by atoms with van der Waals surface area (Å²) < 4.78 is 5.63. The number of ether oxygens (including phenoxy) is 1. The lowest BCUT2D eigenvalue weighted by Crippen LogP contribution is -2.08. The van der Waals surface area contributed by atoms with E-state index < -0.39 is 0 Å². The smallest absolute Gasteiger partial charge is 0.0547 e. The fraction of sp³-hybridized carbons (Fsp3) is 0.857. The van der Waals surface area contributed by atoms with Crippen molar-refractivity contribution in [2.45, 2.75) is 71.8 Å². The Balaban J connectivity index is 3.09. The Labute approximate surface area is 95.9 Å². The van der Waals surface area contributed by atoms with E-state index >= 15 is 0 Å². The highest BCUT2D eigenvalue weighted by Gasteiger charge is 2.00. The van der Waals surface area contributed by atoms with Gasteiger partial charge in [-0.2, -0.15) is 0 Å². The van der Waals surface area contributed by atoms with Crippen LogP contribution in [0.25, 0.3) is 0 Å². The first-order chi connectivity index (χ1) is 7.31. The summed E-state index contributed by atoms with van der Waals surface area (Å²) in [6, 6.07) is 0. The second-order valence-electron chi connectivity index (χ2n) is 4.24. The molecule has 1 heteroatoms. The number of rotatable bonds is 10. The van der Waals surface area contributed by atoms with Gasteiger partial charge in [-0.15, -0.1) is 0 Å². The van der Waals surface area contributed by atoms with Crippen molar-refractivity contribution in [1.29, 1.82) is 0 Å². The van der Waals surface area contributed by atoms with Gasteiger partial charge in [-0.3, -0.25) is 0 Å². The lowest BCUT2D eigenvalue weighted by molar-refractivity contribution is 0.0589. The third-order valence-electron chi connectivity index (χ3n) is 2.57. The molecule has 0 bridgehead atoms. The zero-order valence-corrected chi connectivity index (χ0v) is 10.8. The van der Waals surface area contributed by atoms with Gasteiger partial charge < -0.3 is 4.74 Å². The maximum Gasteiger partial charge on any atom is 0.0547 e. The van der Waals surface area contributed by atoms with Crippen LogP contribution in [0.3, 0.4) is 0 Å². The van der Waals surface area contributed by atoms with Crippen molar-refractivity contribution >= 4 is 0 Å². The molecule has 0 amide bonds. The Hall–Kier alpha value is -0.300. The van der Waals surface area contributed by atoms with Crippen molar-refractivity contribution in [3.8, 4) is 0 Å². The van der Waals surface area contributed by atoms with Gasteiger partial charge in [0.15, 0.2) is 0 Å². The topological polar surface area (TPSA) is 9.23 Å². The van der Waals surface area contributed by atoms with E-state index in [1.165, 1.54) is 38.5 Å². The van der Waals surface area contributed by atoms with Crippen LogP contribution in [0, 0.1) is 0 Å². The second-order valence-corrected chi connectivity index (χ2v) is 4.24. The molecule has 1 unspecified atom stereocenters. The summed E-state index contributed by atoms with van der Waals surface area (Å²) in [4.78, 5) is 0. The van der Waals surface area contributed by atoms with Crippen molar-refractivity contribution in [2.24, 2.45) is 0 Å². The number of allylic oxidation sites excluding steroid dienone is 2. The molecule has 1 atom stereocenters. The molecule has 0 N–H and O–H groups in total. The summed E-state index contributed by atoms with van der Waals surface area (Å²) >= 11 is 0. The van der Waals surface area contributed by atoms with Gasteiger partial charge in [-0.1, -0.05) is 38.3 Å². The molecule has 15 heavy (non-hydrogen) atoms. The minimum absolute atomic E-state index is 0.459. The molecule has 0 radical (unpaired) electrons. The SMILES string of the molecule is C/C=C/CCCCCCC(C)OCCC. The molecule has 0 aromatic carbocycles. The van der Waals surface area contributed by atoms with Crippen LogP contribution >= 0.6 is 0 Å². The first kappa shape index (κ1) is 14.7. The Morgan fingerprint density at radius 2 is 1.87 bits per heavy atom. The highest BCUT2D eigenvalue weighted by molar-refractivity contribution is 4.76. The van der Waals surface area contributed by atoms with E-state index in [2.05, 4.69) is 32.9 Å². The van der Waals surface area contributed by atoms with Crippen LogP contribution in [-0.4, -0.2) is 12.7 Å². The Morgan fingerprint density at radius 3 is 2.53 bits per heavy atom. The van der Waals surface area contributed by atoms with Crippen LogP contribution in [0.15, 0.2) is 12.2 Å². The largest absolute Gasteiger partial charge is 0.379 e. The van der Waals surface area contributed by atoms with Crippen LogP contribution in [0.4, 0.5) is 0 Å². The van der Waals surface area contributed by atoms with E-state index in [0.29, 0.717) is 6.10 Å². The van der Waals surface area contributed by atoms with Crippen molar-refractivity contribution in [3.63, 3.8) is 0 Å². The van der Waals surface area contributed by atoms with Crippen LogP contribution in [-0.2, 0) is 4.74 Å². The molecule has 0 fully saturated rings. The zero-order valence-electron chi connectivity index (χ0n) is 10.8. The van der Waals surface area contributed by atoms with Gasteiger partial charge in [0, 0.05) is 6.61 Å². The first-order valence-corrected chi connectivity index (χ1v) is 6.54. The van der Waals surface area contributed by atoms with Crippen molar-refractivity contribution in [1.82, 2.24) is 0 Å². The molecule has 0 aliphatic heterocycles. The maximum absolute atomic E-state index is 5.63. The minimum atomic E-state index is 0.459. The average Bonchev–Trinajstić information content (AvgIpc) is 2.25. The average molecular weight is 212 g/mol. The summed E-state index contributed by atoms with van der Waals surface area (Å²) in [5.74, 6) is 0. The van der Waals surface area contributed by atoms with E-state index in [4.69, 9.17) is 4.74 Å². The maximum atomic E-state index is 5.63. The minimum Gasteiger partial charge on any atom is -0.379 e. The molecular formula is C14H28O. The van der Waals surface area contributed by atoms with Gasteiger partial charge in [0.2, 0.25) is 0 Å². The van der Waals surface area contributed by atoms with E-state index in [9.17, 15) is 0 Å². The predicted molar refractivity (Wildman–Crippen MR) is 68.2 cm³/mol. The van der Waals surface area contributed by atoms with Crippen LogP contribution in [0.5, 0.6) is 0 Å². The molecular weight excluding hydrogens is 184 g/mol. The summed E-state index contributed by atoms with van der Waals surface area (Å²) in [6.45, 7) is 7.36. The van der Waals surface area contributed by atoms with E-state index in [1.54, 1.807) is 0 Å². The zero-order chi connectivity index (χ0) is 11.4. The second kappa shape index (κ2) is 11.8. The molecule has 0 rings (SSSR count). The van der Waals surface area contributed by atoms with Gasteiger partial charge in [0.05, 0.1) is 6.10 Å². The molecule has 0 aromatic rings. The third kappa shape index (κ3) is 11.6. The highest BCUT2D eigenvalue weighted by Crippen LogP contribution is 2.09. The molecule has 0 spiro atoms. The number of hydrogen-bond donors (Lipinski definition) is 0. The summed E-state index contributed by atoms with van der Waals surface area (Å²) in [5.41, 5.74) is 0. The van der Waals surface area contributed by atoms with E-state index in [1.807, 2.05) is 0 Å². The molecule has 0 heterocycles. The van der Waals surface area contributed by atoms with Crippen LogP contribution in [0.1, 0.15) is 65.7 Å². The lowest BCUT2D eigenvalue weighted by Gasteiger charge is -2.11. The lowest BCUT2D eigenvalue weighted by atomic mass is 10.1. The fourth-order valence-corrected chi connectivity index (χ4v) is 1.62. The summed E-state index contributed by atoms with van der Waals surface area (Å²) in [7, 11) is 0. The van der Waals surface area contributed by atoms with Gasteiger partial charge in [0.1, 0.15) is 0 Å². The number of unbranched alkanes of at least 4 members (excludes halogenated alkanes) is 4. The van der Waals surface area contributed by atoms with E-state index in [0.717, 1.165) is 13.0 Å². The summed E-state index contributed by atoms with van der Waals surface area (Å²) in [6.07, 6.45) is 13.8. The number of hydrogen-bond acceptors (Lipinski definition) is 1.